The van der Waals surface area contributed by atoms with E-state index in [2.05, 4.69) is 15.1 Å². The van der Waals surface area contributed by atoms with Crippen molar-refractivity contribution in [3.8, 4) is 5.69 Å². The van der Waals surface area contributed by atoms with Gasteiger partial charge < -0.3 is 4.90 Å². The number of aryl methyl sites for hydroxylation is 1. The molecule has 1 amide bonds. The van der Waals surface area contributed by atoms with Gasteiger partial charge >= 0.3 is 6.18 Å². The summed E-state index contributed by atoms with van der Waals surface area (Å²) in [6, 6.07) is 9.98. The van der Waals surface area contributed by atoms with Gasteiger partial charge in [0.2, 0.25) is 0 Å². The Kier molecular flexibility index (Phi) is 5.90. The molecule has 1 fully saturated rings. The van der Waals surface area contributed by atoms with Crippen molar-refractivity contribution in [1.82, 2.24) is 29.4 Å². The molecule has 1 aliphatic rings. The zero-order valence-corrected chi connectivity index (χ0v) is 19.3. The van der Waals surface area contributed by atoms with Crippen LogP contribution < -0.4 is 0 Å². The molecule has 4 heterocycles. The quantitative estimate of drug-likeness (QED) is 0.421. The van der Waals surface area contributed by atoms with Crippen molar-refractivity contribution in [2.24, 2.45) is 0 Å². The van der Waals surface area contributed by atoms with Gasteiger partial charge in [-0.3, -0.25) is 14.4 Å². The van der Waals surface area contributed by atoms with Crippen LogP contribution >= 0.6 is 11.3 Å². The Bertz CT molecular complexity index is 1300. The van der Waals surface area contributed by atoms with E-state index >= 15 is 0 Å². The fourth-order valence-corrected chi connectivity index (χ4v) is 5.25. The van der Waals surface area contributed by atoms with Crippen molar-refractivity contribution in [1.29, 1.82) is 0 Å². The topological polar surface area (TPSA) is 59.2 Å². The second-order valence-electron chi connectivity index (χ2n) is 8.20. The van der Waals surface area contributed by atoms with Gasteiger partial charge in [0.05, 0.1) is 16.8 Å². The smallest absolute Gasteiger partial charge is 0.335 e. The Labute approximate surface area is 198 Å². The Hall–Kier alpha value is -3.18. The normalized spacial score (nSPS) is 15.4. The summed E-state index contributed by atoms with van der Waals surface area (Å²) in [7, 11) is 0. The maximum atomic E-state index is 13.7. The van der Waals surface area contributed by atoms with E-state index in [1.54, 1.807) is 35.2 Å². The zero-order chi connectivity index (χ0) is 23.9. The predicted octanol–water partition coefficient (Wildman–Crippen LogP) is 4.28. The van der Waals surface area contributed by atoms with Gasteiger partial charge in [0, 0.05) is 56.4 Å². The molecule has 0 aliphatic carbocycles. The fraction of sp³-hybridized carbons (Fsp3) is 0.348. The molecule has 4 aromatic rings. The standard InChI is InChI=1S/C23H23F3N6OS/c1-2-31-15-16(13-27-31)14-29-8-10-30(11-9-29)21(33)19-12-18-20(23(24,25)26)28-32(22(18)34-19)17-6-4-3-5-7-17/h3-7,12-13,15H,2,8-11,14H2,1H3. The van der Waals surface area contributed by atoms with E-state index in [4.69, 9.17) is 0 Å². The molecule has 1 saturated heterocycles. The molecule has 11 heteroatoms. The Balaban J connectivity index is 1.35. The van der Waals surface area contributed by atoms with Gasteiger partial charge in [-0.15, -0.1) is 11.3 Å². The van der Waals surface area contributed by atoms with E-state index < -0.39 is 11.9 Å². The minimum absolute atomic E-state index is 0.0451. The van der Waals surface area contributed by atoms with E-state index in [0.717, 1.165) is 30.0 Å². The summed E-state index contributed by atoms with van der Waals surface area (Å²) in [5.41, 5.74) is 0.666. The molecule has 5 rings (SSSR count). The van der Waals surface area contributed by atoms with Crippen LogP contribution in [0, 0.1) is 0 Å². The number of amides is 1. The Morgan fingerprint density at radius 2 is 1.85 bits per heavy atom. The molecule has 0 saturated carbocycles. The second kappa shape index (κ2) is 8.88. The first-order chi connectivity index (χ1) is 16.3. The van der Waals surface area contributed by atoms with Gasteiger partial charge in [0.25, 0.3) is 5.91 Å². The summed E-state index contributed by atoms with van der Waals surface area (Å²) >= 11 is 1.05. The lowest BCUT2D eigenvalue weighted by Crippen LogP contribution is -2.48. The predicted molar refractivity (Wildman–Crippen MR) is 123 cm³/mol. The number of fused-ring (bicyclic) bond motifs is 1. The highest BCUT2D eigenvalue weighted by Gasteiger charge is 2.38. The summed E-state index contributed by atoms with van der Waals surface area (Å²) in [5.74, 6) is -0.243. The average molecular weight is 489 g/mol. The minimum Gasteiger partial charge on any atom is -0.335 e. The van der Waals surface area contributed by atoms with Gasteiger partial charge in [-0.1, -0.05) is 18.2 Å². The van der Waals surface area contributed by atoms with Crippen molar-refractivity contribution in [2.75, 3.05) is 26.2 Å². The maximum absolute atomic E-state index is 13.7. The lowest BCUT2D eigenvalue weighted by Gasteiger charge is -2.34. The summed E-state index contributed by atoms with van der Waals surface area (Å²) in [4.78, 5) is 17.7. The SMILES string of the molecule is CCn1cc(CN2CCN(C(=O)c3cc4c(C(F)(F)F)nn(-c5ccccc5)c4s3)CC2)cn1. The lowest BCUT2D eigenvalue weighted by atomic mass is 10.2. The molecule has 0 N–H and O–H groups in total. The highest BCUT2D eigenvalue weighted by atomic mass is 32.1. The average Bonchev–Trinajstić information content (AvgIpc) is 3.54. The van der Waals surface area contributed by atoms with Crippen LogP contribution in [0.25, 0.3) is 15.9 Å². The summed E-state index contributed by atoms with van der Waals surface area (Å²) in [6.07, 6.45) is -0.744. The van der Waals surface area contributed by atoms with Crippen LogP contribution in [0.3, 0.4) is 0 Å². The molecule has 7 nitrogen and oxygen atoms in total. The monoisotopic (exact) mass is 488 g/mol. The molecular weight excluding hydrogens is 465 g/mol. The number of halogens is 3. The third kappa shape index (κ3) is 4.32. The molecule has 0 spiro atoms. The molecular formula is C23H23F3N6OS. The summed E-state index contributed by atoms with van der Waals surface area (Å²) in [6.45, 7) is 6.03. The number of alkyl halides is 3. The number of rotatable bonds is 5. The Morgan fingerprint density at radius 3 is 2.50 bits per heavy atom. The number of para-hydroxylation sites is 1. The number of carbonyl (C=O) groups excluding carboxylic acids is 1. The van der Waals surface area contributed by atoms with Crippen LogP contribution in [0.1, 0.15) is 27.9 Å². The first-order valence-electron chi connectivity index (χ1n) is 11.0. The minimum atomic E-state index is -4.61. The van der Waals surface area contributed by atoms with E-state index in [1.165, 1.54) is 10.7 Å². The largest absolute Gasteiger partial charge is 0.435 e. The van der Waals surface area contributed by atoms with Crippen molar-refractivity contribution in [3.05, 3.63) is 64.9 Å². The van der Waals surface area contributed by atoms with Crippen LogP contribution in [0.15, 0.2) is 48.8 Å². The van der Waals surface area contributed by atoms with Crippen molar-refractivity contribution >= 4 is 27.5 Å². The lowest BCUT2D eigenvalue weighted by molar-refractivity contribution is -0.140. The molecule has 1 aliphatic heterocycles. The van der Waals surface area contributed by atoms with Crippen molar-refractivity contribution in [2.45, 2.75) is 26.2 Å². The first-order valence-corrected chi connectivity index (χ1v) is 11.8. The third-order valence-corrected chi connectivity index (χ3v) is 7.02. The highest BCUT2D eigenvalue weighted by molar-refractivity contribution is 7.20. The molecule has 0 atom stereocenters. The van der Waals surface area contributed by atoms with Gasteiger partial charge in [-0.25, -0.2) is 4.68 Å². The zero-order valence-electron chi connectivity index (χ0n) is 18.5. The molecule has 3 aromatic heterocycles. The van der Waals surface area contributed by atoms with Crippen molar-refractivity contribution in [3.63, 3.8) is 0 Å². The van der Waals surface area contributed by atoms with Gasteiger partial charge in [-0.2, -0.15) is 23.4 Å². The fourth-order valence-electron chi connectivity index (χ4n) is 4.15. The van der Waals surface area contributed by atoms with E-state index in [-0.39, 0.29) is 11.3 Å². The number of carbonyl (C=O) groups is 1. The van der Waals surface area contributed by atoms with Crippen LogP contribution in [0.5, 0.6) is 0 Å². The van der Waals surface area contributed by atoms with Crippen LogP contribution in [-0.4, -0.2) is 61.4 Å². The maximum Gasteiger partial charge on any atom is 0.435 e. The van der Waals surface area contributed by atoms with Crippen molar-refractivity contribution < 1.29 is 18.0 Å². The third-order valence-electron chi connectivity index (χ3n) is 5.92. The van der Waals surface area contributed by atoms with Crippen LogP contribution in [0.4, 0.5) is 13.2 Å². The number of hydrogen-bond donors (Lipinski definition) is 0. The van der Waals surface area contributed by atoms with Crippen LogP contribution in [-0.2, 0) is 19.3 Å². The number of benzene rings is 1. The van der Waals surface area contributed by atoms with Gasteiger partial charge in [0.15, 0.2) is 5.69 Å². The number of hydrogen-bond acceptors (Lipinski definition) is 5. The molecule has 0 unspecified atom stereocenters. The van der Waals surface area contributed by atoms with E-state index in [1.807, 2.05) is 24.0 Å². The number of piperazine rings is 1. The first kappa shape index (κ1) is 22.6. The van der Waals surface area contributed by atoms with Gasteiger partial charge in [0.1, 0.15) is 4.83 Å². The number of nitrogens with zero attached hydrogens (tertiary/aromatic N) is 6. The molecule has 178 valence electrons. The molecule has 34 heavy (non-hydrogen) atoms. The highest BCUT2D eigenvalue weighted by Crippen LogP contribution is 2.39. The summed E-state index contributed by atoms with van der Waals surface area (Å²) in [5, 5.41) is 8.07. The molecule has 1 aromatic carbocycles. The second-order valence-corrected chi connectivity index (χ2v) is 9.23. The molecule has 0 radical (unpaired) electrons. The number of aromatic nitrogens is 4. The van der Waals surface area contributed by atoms with E-state index in [9.17, 15) is 18.0 Å². The number of thiophene rings is 1. The Morgan fingerprint density at radius 1 is 1.12 bits per heavy atom. The van der Waals surface area contributed by atoms with E-state index in [0.29, 0.717) is 41.6 Å². The molecule has 0 bridgehead atoms. The summed E-state index contributed by atoms with van der Waals surface area (Å²) < 4.78 is 44.2. The van der Waals surface area contributed by atoms with Crippen LogP contribution in [0.2, 0.25) is 0 Å². The van der Waals surface area contributed by atoms with Gasteiger partial charge in [-0.05, 0) is 25.1 Å².